The molecule has 2 aromatic rings. The third-order valence-corrected chi connectivity index (χ3v) is 5.93. The zero-order valence-electron chi connectivity index (χ0n) is 14.3. The zero-order chi connectivity index (χ0) is 17.3. The van der Waals surface area contributed by atoms with Gasteiger partial charge in [0.1, 0.15) is 0 Å². The van der Waals surface area contributed by atoms with Gasteiger partial charge in [-0.3, -0.25) is 18.8 Å². The van der Waals surface area contributed by atoms with Crippen molar-refractivity contribution in [2.24, 2.45) is 14.1 Å². The molecular weight excluding hydrogens is 322 g/mol. The van der Waals surface area contributed by atoms with Gasteiger partial charge in [-0.05, 0) is 5.56 Å². The van der Waals surface area contributed by atoms with Crippen LogP contribution in [0.3, 0.4) is 0 Å². The highest BCUT2D eigenvalue weighted by Crippen LogP contribution is 2.36. The lowest BCUT2D eigenvalue weighted by Crippen LogP contribution is -2.43. The Morgan fingerprint density at radius 1 is 1.12 bits per heavy atom. The van der Waals surface area contributed by atoms with E-state index in [1.807, 2.05) is 17.8 Å². The van der Waals surface area contributed by atoms with E-state index in [0.29, 0.717) is 11.8 Å². The summed E-state index contributed by atoms with van der Waals surface area (Å²) >= 11 is 1.97. The molecule has 128 valence electrons. The summed E-state index contributed by atoms with van der Waals surface area (Å²) < 4.78 is 2.72. The van der Waals surface area contributed by atoms with Crippen molar-refractivity contribution in [2.45, 2.75) is 24.8 Å². The standard InChI is InChI=1S/C18H23N3O2S/c1-13-17(14-7-5-4-6-8-14)21(9-10-24-13)12-15-11-16(22)20(3)18(23)19(15)2/h4-8,11,13,17H,9-10,12H2,1-3H3/t13-,17+/m0/s1. The molecule has 0 radical (unpaired) electrons. The van der Waals surface area contributed by atoms with E-state index in [1.165, 1.54) is 12.6 Å². The van der Waals surface area contributed by atoms with Gasteiger partial charge in [-0.1, -0.05) is 37.3 Å². The lowest BCUT2D eigenvalue weighted by atomic mass is 10.0. The fourth-order valence-electron chi connectivity index (χ4n) is 3.33. The van der Waals surface area contributed by atoms with Crippen molar-refractivity contribution in [2.75, 3.05) is 12.3 Å². The van der Waals surface area contributed by atoms with Gasteiger partial charge in [0.25, 0.3) is 5.56 Å². The summed E-state index contributed by atoms with van der Waals surface area (Å²) in [4.78, 5) is 26.5. The second-order valence-corrected chi connectivity index (χ2v) is 7.76. The summed E-state index contributed by atoms with van der Waals surface area (Å²) in [5.74, 6) is 1.06. The highest BCUT2D eigenvalue weighted by molar-refractivity contribution is 8.00. The van der Waals surface area contributed by atoms with Crippen LogP contribution in [0.5, 0.6) is 0 Å². The number of benzene rings is 1. The van der Waals surface area contributed by atoms with Crippen molar-refractivity contribution in [3.63, 3.8) is 0 Å². The Labute approximate surface area is 145 Å². The molecule has 0 amide bonds. The molecule has 2 atom stereocenters. The summed E-state index contributed by atoms with van der Waals surface area (Å²) in [6.45, 7) is 3.79. The van der Waals surface area contributed by atoms with Gasteiger partial charge in [-0.2, -0.15) is 11.8 Å². The van der Waals surface area contributed by atoms with Gasteiger partial charge in [0, 0.05) is 56.0 Å². The molecule has 5 nitrogen and oxygen atoms in total. The molecule has 0 spiro atoms. The summed E-state index contributed by atoms with van der Waals surface area (Å²) in [7, 11) is 3.25. The summed E-state index contributed by atoms with van der Waals surface area (Å²) in [6, 6.07) is 12.3. The molecule has 3 rings (SSSR count). The lowest BCUT2D eigenvalue weighted by molar-refractivity contribution is 0.186. The van der Waals surface area contributed by atoms with Crippen LogP contribution in [-0.2, 0) is 20.6 Å². The van der Waals surface area contributed by atoms with Crippen molar-refractivity contribution < 1.29 is 0 Å². The summed E-state index contributed by atoms with van der Waals surface area (Å²) in [5.41, 5.74) is 1.53. The molecule has 1 aromatic carbocycles. The Morgan fingerprint density at radius 3 is 2.54 bits per heavy atom. The fourth-order valence-corrected chi connectivity index (χ4v) is 4.55. The predicted octanol–water partition coefficient (Wildman–Crippen LogP) is 1.76. The molecule has 0 N–H and O–H groups in total. The minimum absolute atomic E-state index is 0.246. The van der Waals surface area contributed by atoms with Crippen molar-refractivity contribution in [1.82, 2.24) is 14.0 Å². The highest BCUT2D eigenvalue weighted by atomic mass is 32.2. The SMILES string of the molecule is C[C@@H]1SCCN(Cc2cc(=O)n(C)c(=O)n2C)[C@H]1c1ccccc1. The molecular formula is C18H23N3O2S. The molecule has 1 saturated heterocycles. The first-order valence-corrected chi connectivity index (χ1v) is 9.20. The maximum absolute atomic E-state index is 12.2. The number of aromatic nitrogens is 2. The number of nitrogens with zero attached hydrogens (tertiary/aromatic N) is 3. The number of rotatable bonds is 3. The number of hydrogen-bond acceptors (Lipinski definition) is 4. The Balaban J connectivity index is 1.96. The van der Waals surface area contributed by atoms with Gasteiger partial charge < -0.3 is 0 Å². The molecule has 0 aliphatic carbocycles. The summed E-state index contributed by atoms with van der Waals surface area (Å²) in [5, 5.41) is 0.463. The molecule has 1 aromatic heterocycles. The fraction of sp³-hybridized carbons (Fsp3) is 0.444. The molecule has 1 aliphatic rings. The van der Waals surface area contributed by atoms with Crippen LogP contribution in [0.1, 0.15) is 24.2 Å². The zero-order valence-corrected chi connectivity index (χ0v) is 15.1. The van der Waals surface area contributed by atoms with Crippen LogP contribution in [0.4, 0.5) is 0 Å². The van der Waals surface area contributed by atoms with Crippen LogP contribution in [0.15, 0.2) is 46.0 Å². The van der Waals surface area contributed by atoms with E-state index in [4.69, 9.17) is 0 Å². The number of thioether (sulfide) groups is 1. The van der Waals surface area contributed by atoms with Crippen LogP contribution in [0, 0.1) is 0 Å². The molecule has 1 aliphatic heterocycles. The minimum atomic E-state index is -0.270. The Hall–Kier alpha value is -1.79. The van der Waals surface area contributed by atoms with E-state index in [0.717, 1.165) is 22.6 Å². The Morgan fingerprint density at radius 2 is 1.83 bits per heavy atom. The third kappa shape index (κ3) is 3.21. The maximum atomic E-state index is 12.2. The lowest BCUT2D eigenvalue weighted by Gasteiger charge is -2.40. The monoisotopic (exact) mass is 345 g/mol. The van der Waals surface area contributed by atoms with Crippen LogP contribution in [0.2, 0.25) is 0 Å². The van der Waals surface area contributed by atoms with E-state index in [2.05, 4.69) is 36.1 Å². The molecule has 0 saturated carbocycles. The first-order chi connectivity index (χ1) is 11.5. The van der Waals surface area contributed by atoms with E-state index in [9.17, 15) is 9.59 Å². The maximum Gasteiger partial charge on any atom is 0.330 e. The predicted molar refractivity (Wildman–Crippen MR) is 98.4 cm³/mol. The van der Waals surface area contributed by atoms with Crippen molar-refractivity contribution in [3.05, 3.63) is 68.5 Å². The average Bonchev–Trinajstić information content (AvgIpc) is 2.59. The van der Waals surface area contributed by atoms with Crippen LogP contribution < -0.4 is 11.2 Å². The normalized spacial score (nSPS) is 21.8. The largest absolute Gasteiger partial charge is 0.330 e. The average molecular weight is 345 g/mol. The topological polar surface area (TPSA) is 47.2 Å². The van der Waals surface area contributed by atoms with Gasteiger partial charge in [0.2, 0.25) is 0 Å². The van der Waals surface area contributed by atoms with Crippen molar-refractivity contribution >= 4 is 11.8 Å². The van der Waals surface area contributed by atoms with E-state index in [-0.39, 0.29) is 17.3 Å². The van der Waals surface area contributed by atoms with Gasteiger partial charge in [0.05, 0.1) is 0 Å². The van der Waals surface area contributed by atoms with Gasteiger partial charge in [0.15, 0.2) is 0 Å². The molecule has 2 heterocycles. The molecule has 0 unspecified atom stereocenters. The second-order valence-electron chi connectivity index (χ2n) is 6.28. The molecule has 0 bridgehead atoms. The summed E-state index contributed by atoms with van der Waals surface area (Å²) in [6.07, 6.45) is 0. The van der Waals surface area contributed by atoms with Crippen molar-refractivity contribution in [1.29, 1.82) is 0 Å². The molecule has 6 heteroatoms. The first kappa shape index (κ1) is 17.0. The van der Waals surface area contributed by atoms with E-state index >= 15 is 0 Å². The number of hydrogen-bond donors (Lipinski definition) is 0. The molecule has 1 fully saturated rings. The minimum Gasteiger partial charge on any atom is -0.299 e. The van der Waals surface area contributed by atoms with Gasteiger partial charge >= 0.3 is 5.69 Å². The highest BCUT2D eigenvalue weighted by Gasteiger charge is 2.30. The quantitative estimate of drug-likeness (QED) is 0.851. The Bertz CT molecular complexity index is 828. The van der Waals surface area contributed by atoms with Crippen LogP contribution in [0.25, 0.3) is 0 Å². The smallest absolute Gasteiger partial charge is 0.299 e. The first-order valence-electron chi connectivity index (χ1n) is 8.15. The third-order valence-electron chi connectivity index (χ3n) is 4.73. The van der Waals surface area contributed by atoms with Crippen LogP contribution in [-0.4, -0.2) is 31.6 Å². The molecule has 24 heavy (non-hydrogen) atoms. The Kier molecular flexibility index (Phi) is 4.96. The second kappa shape index (κ2) is 6.99. The van der Waals surface area contributed by atoms with E-state index in [1.54, 1.807) is 17.7 Å². The van der Waals surface area contributed by atoms with Gasteiger partial charge in [-0.25, -0.2) is 4.79 Å². The van der Waals surface area contributed by atoms with Crippen molar-refractivity contribution in [3.8, 4) is 0 Å². The van der Waals surface area contributed by atoms with Crippen LogP contribution >= 0.6 is 11.8 Å². The van der Waals surface area contributed by atoms with E-state index < -0.39 is 0 Å². The van der Waals surface area contributed by atoms with Gasteiger partial charge in [-0.15, -0.1) is 0 Å².